The van der Waals surface area contributed by atoms with E-state index in [1.165, 1.54) is 4.90 Å². The SMILES string of the molecule is CCCOc1ccc(/C(O)=C2\C(=O)C(=O)N(c3cccc(OCC)c3)C2c2cccnc2)cc1. The van der Waals surface area contributed by atoms with Crippen LogP contribution in [0.5, 0.6) is 11.5 Å². The minimum absolute atomic E-state index is 0.00189. The summed E-state index contributed by atoms with van der Waals surface area (Å²) >= 11 is 0. The molecule has 1 aliphatic rings. The molecule has 3 aromatic rings. The predicted octanol–water partition coefficient (Wildman–Crippen LogP) is 4.90. The summed E-state index contributed by atoms with van der Waals surface area (Å²) < 4.78 is 11.2. The van der Waals surface area contributed by atoms with Gasteiger partial charge >= 0.3 is 0 Å². The third-order valence-corrected chi connectivity index (χ3v) is 5.45. The second kappa shape index (κ2) is 10.2. The van der Waals surface area contributed by atoms with Gasteiger partial charge in [-0.15, -0.1) is 0 Å². The van der Waals surface area contributed by atoms with Gasteiger partial charge in [-0.1, -0.05) is 19.1 Å². The molecule has 7 heteroatoms. The maximum absolute atomic E-state index is 13.2. The summed E-state index contributed by atoms with van der Waals surface area (Å²) in [6, 6.07) is 16.4. The molecule has 1 aliphatic heterocycles. The molecular formula is C27H26N2O5. The van der Waals surface area contributed by atoms with Crippen LogP contribution in [0, 0.1) is 0 Å². The van der Waals surface area contributed by atoms with Crippen molar-refractivity contribution in [2.45, 2.75) is 26.3 Å². The van der Waals surface area contributed by atoms with Crippen LogP contribution in [0.4, 0.5) is 5.69 Å². The number of pyridine rings is 1. The van der Waals surface area contributed by atoms with Gasteiger partial charge in [0.05, 0.1) is 24.8 Å². The monoisotopic (exact) mass is 458 g/mol. The van der Waals surface area contributed by atoms with Gasteiger partial charge < -0.3 is 14.6 Å². The standard InChI is InChI=1S/C27H26N2O5/c1-3-15-34-21-12-10-18(11-13-21)25(30)23-24(19-7-6-14-28-17-19)29(27(32)26(23)31)20-8-5-9-22(16-20)33-4-2/h5-14,16-17,24,30H,3-4,15H2,1-2H3/b25-23+. The van der Waals surface area contributed by atoms with E-state index in [1.54, 1.807) is 73.1 Å². The normalized spacial score (nSPS) is 17.1. The molecule has 7 nitrogen and oxygen atoms in total. The number of nitrogens with zero attached hydrogens (tertiary/aromatic N) is 2. The molecule has 1 aromatic heterocycles. The maximum Gasteiger partial charge on any atom is 0.300 e. The number of anilines is 1. The topological polar surface area (TPSA) is 89.0 Å². The second-order valence-corrected chi connectivity index (χ2v) is 7.76. The second-order valence-electron chi connectivity index (χ2n) is 7.76. The van der Waals surface area contributed by atoms with Crippen LogP contribution in [0.1, 0.15) is 37.4 Å². The quantitative estimate of drug-likeness (QED) is 0.294. The molecule has 2 heterocycles. The molecule has 34 heavy (non-hydrogen) atoms. The highest BCUT2D eigenvalue weighted by Gasteiger charge is 2.47. The van der Waals surface area contributed by atoms with Crippen LogP contribution >= 0.6 is 0 Å². The number of Topliss-reactive ketones (excluding diaryl/α,β-unsaturated/α-hetero) is 1. The smallest absolute Gasteiger partial charge is 0.300 e. The van der Waals surface area contributed by atoms with Gasteiger partial charge in [0.25, 0.3) is 11.7 Å². The zero-order valence-electron chi connectivity index (χ0n) is 19.1. The van der Waals surface area contributed by atoms with Crippen LogP contribution in [-0.2, 0) is 9.59 Å². The van der Waals surface area contributed by atoms with E-state index in [-0.39, 0.29) is 11.3 Å². The van der Waals surface area contributed by atoms with Crippen molar-refractivity contribution in [1.29, 1.82) is 0 Å². The summed E-state index contributed by atoms with van der Waals surface area (Å²) in [7, 11) is 0. The van der Waals surface area contributed by atoms with Gasteiger partial charge in [0, 0.05) is 29.7 Å². The fraction of sp³-hybridized carbons (Fsp3) is 0.222. The molecule has 1 atom stereocenters. The molecule has 174 valence electrons. The lowest BCUT2D eigenvalue weighted by atomic mass is 9.96. The fourth-order valence-corrected chi connectivity index (χ4v) is 3.93. The first-order valence-corrected chi connectivity index (χ1v) is 11.2. The number of aromatic nitrogens is 1. The van der Waals surface area contributed by atoms with Crippen molar-refractivity contribution in [2.24, 2.45) is 0 Å². The van der Waals surface area contributed by atoms with Crippen LogP contribution in [0.2, 0.25) is 0 Å². The van der Waals surface area contributed by atoms with Crippen molar-refractivity contribution in [3.63, 3.8) is 0 Å². The van der Waals surface area contributed by atoms with Crippen LogP contribution < -0.4 is 14.4 Å². The lowest BCUT2D eigenvalue weighted by Crippen LogP contribution is -2.29. The number of ketones is 1. The Morgan fingerprint density at radius 3 is 2.47 bits per heavy atom. The van der Waals surface area contributed by atoms with Gasteiger partial charge in [0.15, 0.2) is 0 Å². The summed E-state index contributed by atoms with van der Waals surface area (Å²) in [5.74, 6) is -0.506. The van der Waals surface area contributed by atoms with E-state index in [0.717, 1.165) is 6.42 Å². The number of hydrogen-bond acceptors (Lipinski definition) is 6. The number of carbonyl (C=O) groups excluding carboxylic acids is 2. The molecule has 1 unspecified atom stereocenters. The number of rotatable bonds is 8. The van der Waals surface area contributed by atoms with Gasteiger partial charge in [-0.2, -0.15) is 0 Å². The third kappa shape index (κ3) is 4.50. The summed E-state index contributed by atoms with van der Waals surface area (Å²) in [6.45, 7) is 4.93. The Labute approximate surface area is 198 Å². The largest absolute Gasteiger partial charge is 0.507 e. The van der Waals surface area contributed by atoms with E-state index in [4.69, 9.17) is 9.47 Å². The van der Waals surface area contributed by atoms with Gasteiger partial charge in [0.2, 0.25) is 0 Å². The Morgan fingerprint density at radius 1 is 1.00 bits per heavy atom. The molecule has 1 N–H and O–H groups in total. The number of benzene rings is 2. The average molecular weight is 459 g/mol. The van der Waals surface area contributed by atoms with Crippen molar-refractivity contribution >= 4 is 23.1 Å². The fourth-order valence-electron chi connectivity index (χ4n) is 3.93. The Kier molecular flexibility index (Phi) is 6.92. The molecule has 1 saturated heterocycles. The highest BCUT2D eigenvalue weighted by atomic mass is 16.5. The zero-order chi connectivity index (χ0) is 24.1. The molecule has 1 amide bonds. The van der Waals surface area contributed by atoms with Gasteiger partial charge in [0.1, 0.15) is 17.3 Å². The lowest BCUT2D eigenvalue weighted by molar-refractivity contribution is -0.132. The predicted molar refractivity (Wildman–Crippen MR) is 129 cm³/mol. The van der Waals surface area contributed by atoms with Gasteiger partial charge in [-0.25, -0.2) is 0 Å². The molecule has 0 radical (unpaired) electrons. The van der Waals surface area contributed by atoms with Crippen molar-refractivity contribution in [3.8, 4) is 11.5 Å². The minimum atomic E-state index is -0.846. The molecule has 4 rings (SSSR count). The summed E-state index contributed by atoms with van der Waals surface area (Å²) in [5.41, 5.74) is 1.51. The highest BCUT2D eigenvalue weighted by molar-refractivity contribution is 6.51. The number of amides is 1. The number of ether oxygens (including phenoxy) is 2. The third-order valence-electron chi connectivity index (χ3n) is 5.45. The van der Waals surface area contributed by atoms with Crippen LogP contribution in [-0.4, -0.2) is 35.0 Å². The minimum Gasteiger partial charge on any atom is -0.507 e. The lowest BCUT2D eigenvalue weighted by Gasteiger charge is -2.25. The number of hydrogen-bond donors (Lipinski definition) is 1. The first kappa shape index (κ1) is 23.0. The van der Waals surface area contributed by atoms with Crippen molar-refractivity contribution in [1.82, 2.24) is 4.98 Å². The average Bonchev–Trinajstić information content (AvgIpc) is 3.14. The number of aliphatic hydroxyl groups is 1. The van der Waals surface area contributed by atoms with Crippen LogP contribution in [0.15, 0.2) is 78.6 Å². The zero-order valence-corrected chi connectivity index (χ0v) is 19.1. The van der Waals surface area contributed by atoms with Crippen molar-refractivity contribution < 1.29 is 24.2 Å². The summed E-state index contributed by atoms with van der Waals surface area (Å²) in [6.07, 6.45) is 4.08. The molecule has 2 aromatic carbocycles. The molecule has 1 fully saturated rings. The van der Waals surface area contributed by atoms with E-state index < -0.39 is 17.7 Å². The molecule has 0 spiro atoms. The summed E-state index contributed by atoms with van der Waals surface area (Å²) in [5, 5.41) is 11.2. The highest BCUT2D eigenvalue weighted by Crippen LogP contribution is 2.42. The number of carbonyl (C=O) groups is 2. The van der Waals surface area contributed by atoms with E-state index in [9.17, 15) is 14.7 Å². The Bertz CT molecular complexity index is 1210. The summed E-state index contributed by atoms with van der Waals surface area (Å²) in [4.78, 5) is 32.0. The van der Waals surface area contributed by atoms with E-state index in [0.29, 0.717) is 41.5 Å². The molecular weight excluding hydrogens is 432 g/mol. The molecule has 0 bridgehead atoms. The first-order valence-electron chi connectivity index (χ1n) is 11.2. The Hall–Kier alpha value is -4.13. The molecule has 0 saturated carbocycles. The van der Waals surface area contributed by atoms with E-state index in [1.807, 2.05) is 13.8 Å². The number of aliphatic hydroxyl groups excluding tert-OH is 1. The van der Waals surface area contributed by atoms with Crippen LogP contribution in [0.3, 0.4) is 0 Å². The Balaban J connectivity index is 1.82. The molecule has 0 aliphatic carbocycles. The van der Waals surface area contributed by atoms with E-state index in [2.05, 4.69) is 4.98 Å². The van der Waals surface area contributed by atoms with E-state index >= 15 is 0 Å². The van der Waals surface area contributed by atoms with Gasteiger partial charge in [-0.3, -0.25) is 19.5 Å². The van der Waals surface area contributed by atoms with Crippen molar-refractivity contribution in [2.75, 3.05) is 18.1 Å². The first-order chi connectivity index (χ1) is 16.5. The van der Waals surface area contributed by atoms with Crippen molar-refractivity contribution in [3.05, 3.63) is 89.8 Å². The maximum atomic E-state index is 13.2. The van der Waals surface area contributed by atoms with Crippen LogP contribution in [0.25, 0.3) is 5.76 Å². The Morgan fingerprint density at radius 2 is 1.79 bits per heavy atom. The van der Waals surface area contributed by atoms with Gasteiger partial charge in [-0.05, 0) is 61.4 Å².